The van der Waals surface area contributed by atoms with Gasteiger partial charge in [-0.15, -0.1) is 0 Å². The van der Waals surface area contributed by atoms with Gasteiger partial charge in [0.15, 0.2) is 8.32 Å². The van der Waals surface area contributed by atoms with Gasteiger partial charge in [0.2, 0.25) is 0 Å². The first kappa shape index (κ1) is 23.2. The minimum Gasteiger partial charge on any atom is -0.445 e. The maximum absolute atomic E-state index is 12.4. The van der Waals surface area contributed by atoms with Crippen molar-refractivity contribution in [3.63, 3.8) is 0 Å². The number of ether oxygens (including phenoxy) is 2. The zero-order chi connectivity index (χ0) is 20.7. The van der Waals surface area contributed by atoms with E-state index in [0.717, 1.165) is 0 Å². The molecule has 1 aliphatic heterocycles. The van der Waals surface area contributed by atoms with Crippen molar-refractivity contribution in [2.75, 3.05) is 26.4 Å². The number of hydrogen-bond donors (Lipinski definition) is 1. The molecule has 1 fully saturated rings. The molecule has 27 heavy (non-hydrogen) atoms. The van der Waals surface area contributed by atoms with Gasteiger partial charge < -0.3 is 24.1 Å². The third-order valence-electron chi connectivity index (χ3n) is 5.07. The van der Waals surface area contributed by atoms with Crippen LogP contribution in [0.1, 0.15) is 27.2 Å². The van der Waals surface area contributed by atoms with E-state index in [1.165, 1.54) is 12.2 Å². The van der Waals surface area contributed by atoms with Crippen LogP contribution in [0.5, 0.6) is 0 Å². The molecule has 8 heteroatoms. The number of alkyl carbamates (subject to hydrolysis) is 1. The highest BCUT2D eigenvalue weighted by Crippen LogP contribution is 2.37. The van der Waals surface area contributed by atoms with E-state index in [2.05, 4.69) is 52.3 Å². The van der Waals surface area contributed by atoms with Crippen molar-refractivity contribution in [2.24, 2.45) is 0 Å². The lowest BCUT2D eigenvalue weighted by atomic mass is 10.2. The Morgan fingerprint density at radius 3 is 2.33 bits per heavy atom. The van der Waals surface area contributed by atoms with Gasteiger partial charge in [0.05, 0.1) is 18.7 Å². The molecule has 2 amide bonds. The number of likely N-dealkylation sites (tertiary alicyclic amines) is 1. The van der Waals surface area contributed by atoms with Crippen molar-refractivity contribution < 1.29 is 23.5 Å². The summed E-state index contributed by atoms with van der Waals surface area (Å²) in [4.78, 5) is 25.8. The van der Waals surface area contributed by atoms with Crippen molar-refractivity contribution >= 4 is 20.5 Å². The van der Waals surface area contributed by atoms with E-state index >= 15 is 0 Å². The van der Waals surface area contributed by atoms with Gasteiger partial charge in [0.25, 0.3) is 0 Å². The van der Waals surface area contributed by atoms with Gasteiger partial charge in [-0.3, -0.25) is 0 Å². The van der Waals surface area contributed by atoms with Gasteiger partial charge in [-0.2, -0.15) is 0 Å². The van der Waals surface area contributed by atoms with Crippen molar-refractivity contribution in [1.82, 2.24) is 10.2 Å². The number of carbonyl (C=O) groups is 2. The SMILES string of the molecule is C=CCOC(=O)N[C@H]1C[C@@H](CO[Si](C)(C)C(C)(C)C)N(C(=O)OCC=C)C1. The third-order valence-corrected chi connectivity index (χ3v) is 9.57. The molecule has 0 aliphatic carbocycles. The van der Waals surface area contributed by atoms with Crippen molar-refractivity contribution in [1.29, 1.82) is 0 Å². The summed E-state index contributed by atoms with van der Waals surface area (Å²) in [5.41, 5.74) is 0. The Labute approximate surface area is 163 Å². The van der Waals surface area contributed by atoms with Crippen molar-refractivity contribution in [3.05, 3.63) is 25.3 Å². The third kappa shape index (κ3) is 7.02. The number of rotatable bonds is 8. The standard InChI is InChI=1S/C19H34N2O5Si/c1-8-10-24-17(22)20-15-12-16(14-26-27(6,7)19(3,4)5)21(13-15)18(23)25-11-9-2/h8-9,15-16H,1-2,10-14H2,3-7H3,(H,20,22)/t15-,16-/m0/s1. The minimum absolute atomic E-state index is 0.0753. The first-order chi connectivity index (χ1) is 12.5. The fourth-order valence-electron chi connectivity index (χ4n) is 2.48. The van der Waals surface area contributed by atoms with E-state index in [9.17, 15) is 9.59 Å². The van der Waals surface area contributed by atoms with E-state index in [1.807, 2.05) is 0 Å². The Kier molecular flexibility index (Phi) is 8.55. The molecule has 0 aromatic carbocycles. The molecule has 0 unspecified atom stereocenters. The number of amides is 2. The monoisotopic (exact) mass is 398 g/mol. The van der Waals surface area contributed by atoms with Crippen LogP contribution in [0.4, 0.5) is 9.59 Å². The molecule has 1 saturated heterocycles. The maximum Gasteiger partial charge on any atom is 0.410 e. The lowest BCUT2D eigenvalue weighted by Gasteiger charge is -2.37. The van der Waals surface area contributed by atoms with Crippen LogP contribution in [0.3, 0.4) is 0 Å². The highest BCUT2D eigenvalue weighted by atomic mass is 28.4. The van der Waals surface area contributed by atoms with E-state index < -0.39 is 20.5 Å². The van der Waals surface area contributed by atoms with Crippen LogP contribution < -0.4 is 5.32 Å². The summed E-state index contributed by atoms with van der Waals surface area (Å²) >= 11 is 0. The summed E-state index contributed by atoms with van der Waals surface area (Å²) in [6.07, 6.45) is 2.66. The molecular formula is C19H34N2O5Si. The molecule has 1 heterocycles. The largest absolute Gasteiger partial charge is 0.445 e. The predicted octanol–water partition coefficient (Wildman–Crippen LogP) is 3.69. The average molecular weight is 399 g/mol. The fourth-order valence-corrected chi connectivity index (χ4v) is 3.52. The zero-order valence-corrected chi connectivity index (χ0v) is 18.2. The molecule has 1 N–H and O–H groups in total. The quantitative estimate of drug-likeness (QED) is 0.498. The summed E-state index contributed by atoms with van der Waals surface area (Å²) < 4.78 is 16.5. The molecule has 0 radical (unpaired) electrons. The van der Waals surface area contributed by atoms with Gasteiger partial charge in [-0.25, -0.2) is 9.59 Å². The van der Waals surface area contributed by atoms with Gasteiger partial charge in [-0.1, -0.05) is 46.1 Å². The molecule has 7 nitrogen and oxygen atoms in total. The zero-order valence-electron chi connectivity index (χ0n) is 17.2. The molecule has 1 aliphatic rings. The number of hydrogen-bond acceptors (Lipinski definition) is 5. The topological polar surface area (TPSA) is 77.1 Å². The molecule has 0 bridgehead atoms. The molecule has 2 atom stereocenters. The van der Waals surface area contributed by atoms with E-state index in [0.29, 0.717) is 19.6 Å². The minimum atomic E-state index is -1.95. The molecule has 0 aromatic rings. The second kappa shape index (κ2) is 9.94. The summed E-state index contributed by atoms with van der Waals surface area (Å²) in [5.74, 6) is 0. The van der Waals surface area contributed by atoms with Crippen LogP contribution in [0, 0.1) is 0 Å². The summed E-state index contributed by atoms with van der Waals surface area (Å²) in [5, 5.41) is 2.86. The second-order valence-corrected chi connectivity index (χ2v) is 13.0. The number of nitrogens with one attached hydrogen (secondary N) is 1. The molecule has 0 spiro atoms. The van der Waals surface area contributed by atoms with Crippen LogP contribution in [0.25, 0.3) is 0 Å². The normalized spacial score (nSPS) is 20.1. The number of carbonyl (C=O) groups excluding carboxylic acids is 2. The summed E-state index contributed by atoms with van der Waals surface area (Å²) in [6, 6.07) is -0.382. The maximum atomic E-state index is 12.4. The summed E-state index contributed by atoms with van der Waals surface area (Å²) in [6.45, 7) is 19.0. The lowest BCUT2D eigenvalue weighted by Crippen LogP contribution is -2.46. The summed E-state index contributed by atoms with van der Waals surface area (Å²) in [7, 11) is -1.95. The Morgan fingerprint density at radius 1 is 1.19 bits per heavy atom. The predicted molar refractivity (Wildman–Crippen MR) is 108 cm³/mol. The molecular weight excluding hydrogens is 364 g/mol. The first-order valence-corrected chi connectivity index (χ1v) is 12.1. The van der Waals surface area contributed by atoms with E-state index in [-0.39, 0.29) is 30.3 Å². The molecule has 1 rings (SSSR count). The van der Waals surface area contributed by atoms with Crippen molar-refractivity contribution in [2.45, 2.75) is 57.4 Å². The highest BCUT2D eigenvalue weighted by molar-refractivity contribution is 6.74. The Balaban J connectivity index is 2.76. The first-order valence-electron chi connectivity index (χ1n) is 9.24. The van der Waals surface area contributed by atoms with E-state index in [4.69, 9.17) is 13.9 Å². The van der Waals surface area contributed by atoms with E-state index in [1.54, 1.807) is 4.90 Å². The van der Waals surface area contributed by atoms with Crippen LogP contribution in [-0.2, 0) is 13.9 Å². The average Bonchev–Trinajstić information content (AvgIpc) is 2.97. The lowest BCUT2D eigenvalue weighted by molar-refractivity contribution is 0.0935. The van der Waals surface area contributed by atoms with Gasteiger partial charge in [0, 0.05) is 6.54 Å². The number of nitrogens with zero attached hydrogens (tertiary/aromatic N) is 1. The Hall–Kier alpha value is -1.80. The van der Waals surface area contributed by atoms with Crippen LogP contribution in [0.2, 0.25) is 18.1 Å². The van der Waals surface area contributed by atoms with Crippen LogP contribution in [-0.4, -0.2) is 63.9 Å². The van der Waals surface area contributed by atoms with Crippen LogP contribution in [0.15, 0.2) is 25.3 Å². The van der Waals surface area contributed by atoms with Crippen molar-refractivity contribution in [3.8, 4) is 0 Å². The molecule has 0 aromatic heterocycles. The Bertz CT molecular complexity index is 545. The van der Waals surface area contributed by atoms with Gasteiger partial charge in [-0.05, 0) is 24.6 Å². The molecule has 0 saturated carbocycles. The highest BCUT2D eigenvalue weighted by Gasteiger charge is 2.41. The van der Waals surface area contributed by atoms with Gasteiger partial charge >= 0.3 is 12.2 Å². The Morgan fingerprint density at radius 2 is 1.78 bits per heavy atom. The van der Waals surface area contributed by atoms with Gasteiger partial charge in [0.1, 0.15) is 13.2 Å². The smallest absolute Gasteiger partial charge is 0.410 e. The fraction of sp³-hybridized carbons (Fsp3) is 0.684. The molecule has 154 valence electrons. The second-order valence-electron chi connectivity index (χ2n) is 8.21. The van der Waals surface area contributed by atoms with Crippen LogP contribution >= 0.6 is 0 Å².